The number of hydrogen-bond acceptors (Lipinski definition) is 5. The van der Waals surface area contributed by atoms with E-state index in [0.29, 0.717) is 27.3 Å². The highest BCUT2D eigenvalue weighted by molar-refractivity contribution is 7.15. The first-order valence-corrected chi connectivity index (χ1v) is 11.6. The van der Waals surface area contributed by atoms with Gasteiger partial charge in [0.05, 0.1) is 16.1 Å². The second kappa shape index (κ2) is 8.22. The number of hydrogen-bond donors (Lipinski definition) is 2. The molecule has 0 unspecified atom stereocenters. The normalized spacial score (nSPS) is 11.3. The van der Waals surface area contributed by atoms with Crippen LogP contribution in [0.1, 0.15) is 29.4 Å². The number of carbonyl (C=O) groups excluding carboxylic acids is 1. The third-order valence-electron chi connectivity index (χ3n) is 5.67. The van der Waals surface area contributed by atoms with Gasteiger partial charge in [0.15, 0.2) is 5.69 Å². The van der Waals surface area contributed by atoms with Gasteiger partial charge in [-0.05, 0) is 37.6 Å². The molecule has 0 atom stereocenters. The summed E-state index contributed by atoms with van der Waals surface area (Å²) in [7, 11) is 0. The summed E-state index contributed by atoms with van der Waals surface area (Å²) in [6.45, 7) is 4.83. The number of thiophene rings is 1. The first-order valence-electron chi connectivity index (χ1n) is 10.7. The number of rotatable bonds is 5. The van der Waals surface area contributed by atoms with E-state index >= 15 is 0 Å². The molecule has 0 aliphatic heterocycles. The van der Waals surface area contributed by atoms with Crippen LogP contribution in [0.2, 0.25) is 0 Å². The fourth-order valence-electron chi connectivity index (χ4n) is 4.06. The molecule has 0 fully saturated rings. The number of carbonyl (C=O) groups is 1. The van der Waals surface area contributed by atoms with Crippen LogP contribution in [-0.4, -0.2) is 20.3 Å². The van der Waals surface area contributed by atoms with Crippen molar-refractivity contribution >= 4 is 49.7 Å². The highest BCUT2D eigenvalue weighted by Gasteiger charge is 2.22. The van der Waals surface area contributed by atoms with Crippen molar-refractivity contribution in [1.29, 1.82) is 0 Å². The number of amides is 1. The first kappa shape index (κ1) is 21.0. The molecule has 7 nitrogen and oxygen atoms in total. The second-order valence-corrected chi connectivity index (χ2v) is 8.90. The summed E-state index contributed by atoms with van der Waals surface area (Å²) in [5.74, 6) is 0.299. The second-order valence-electron chi connectivity index (χ2n) is 7.98. The third-order valence-corrected chi connectivity index (χ3v) is 6.49. The molecule has 8 heteroatoms. The van der Waals surface area contributed by atoms with Crippen LogP contribution in [0.15, 0.2) is 64.8 Å². The lowest BCUT2D eigenvalue weighted by atomic mass is 10.2. The van der Waals surface area contributed by atoms with Gasteiger partial charge in [0, 0.05) is 28.2 Å². The molecule has 0 saturated heterocycles. The van der Waals surface area contributed by atoms with Crippen LogP contribution in [0.25, 0.3) is 27.4 Å². The fourth-order valence-corrected chi connectivity index (χ4v) is 4.85. The molecule has 0 spiro atoms. The van der Waals surface area contributed by atoms with Crippen molar-refractivity contribution in [3.63, 3.8) is 0 Å². The minimum Gasteiger partial charge on any atom is -0.390 e. The zero-order valence-electron chi connectivity index (χ0n) is 18.3. The maximum atomic E-state index is 13.5. The monoisotopic (exact) mass is 457 g/mol. The molecule has 0 radical (unpaired) electrons. The molecule has 1 amide bonds. The average Bonchev–Trinajstić information content (AvgIpc) is 3.36. The van der Waals surface area contributed by atoms with Gasteiger partial charge in [0.1, 0.15) is 5.82 Å². The average molecular weight is 458 g/mol. The smallest absolute Gasteiger partial charge is 0.282 e. The van der Waals surface area contributed by atoms with E-state index in [1.165, 1.54) is 16.0 Å². The number of nitrogens with zero attached hydrogens (tertiary/aromatic N) is 3. The van der Waals surface area contributed by atoms with Crippen molar-refractivity contribution in [2.75, 3.05) is 11.1 Å². The Kier molecular flexibility index (Phi) is 5.22. The molecule has 166 valence electrons. The van der Waals surface area contributed by atoms with Crippen molar-refractivity contribution in [2.45, 2.75) is 26.8 Å². The number of aryl methyl sites for hydroxylation is 2. The van der Waals surface area contributed by atoms with E-state index in [2.05, 4.69) is 21.9 Å². The topological polar surface area (TPSA) is 94.9 Å². The summed E-state index contributed by atoms with van der Waals surface area (Å²) >= 11 is 1.23. The summed E-state index contributed by atoms with van der Waals surface area (Å²) in [6, 6.07) is 17.4. The predicted octanol–water partition coefficient (Wildman–Crippen LogP) is 4.95. The summed E-state index contributed by atoms with van der Waals surface area (Å²) in [6.07, 6.45) is 0.920. The number of fused-ring (bicyclic) bond motifs is 2. The quantitative estimate of drug-likeness (QED) is 0.390. The Labute approximate surface area is 194 Å². The molecule has 33 heavy (non-hydrogen) atoms. The largest absolute Gasteiger partial charge is 0.390 e. The van der Waals surface area contributed by atoms with E-state index in [1.807, 2.05) is 49.4 Å². The van der Waals surface area contributed by atoms with Crippen LogP contribution < -0.4 is 16.6 Å². The summed E-state index contributed by atoms with van der Waals surface area (Å²) < 4.78 is 3.34. The lowest BCUT2D eigenvalue weighted by Crippen LogP contribution is -2.26. The van der Waals surface area contributed by atoms with Crippen molar-refractivity contribution in [2.24, 2.45) is 0 Å². The predicted molar refractivity (Wildman–Crippen MR) is 135 cm³/mol. The number of nitrogens with one attached hydrogen (secondary N) is 1. The lowest BCUT2D eigenvalue weighted by Gasteiger charge is -2.12. The molecule has 3 heterocycles. The van der Waals surface area contributed by atoms with E-state index in [-0.39, 0.29) is 17.2 Å². The molecule has 5 aromatic rings. The molecular weight excluding hydrogens is 434 g/mol. The highest BCUT2D eigenvalue weighted by atomic mass is 32.1. The van der Waals surface area contributed by atoms with Crippen LogP contribution >= 0.6 is 11.3 Å². The lowest BCUT2D eigenvalue weighted by molar-refractivity contribution is 0.102. The summed E-state index contributed by atoms with van der Waals surface area (Å²) in [4.78, 5) is 26.7. The fraction of sp³-hybridized carbons (Fsp3) is 0.160. The Balaban J connectivity index is 1.64. The van der Waals surface area contributed by atoms with E-state index in [4.69, 9.17) is 5.73 Å². The van der Waals surface area contributed by atoms with Crippen LogP contribution in [0.4, 0.5) is 10.8 Å². The zero-order chi connectivity index (χ0) is 23.1. The zero-order valence-corrected chi connectivity index (χ0v) is 19.1. The number of para-hydroxylation sites is 1. The van der Waals surface area contributed by atoms with Gasteiger partial charge in [-0.3, -0.25) is 9.59 Å². The summed E-state index contributed by atoms with van der Waals surface area (Å²) in [5, 5.41) is 11.4. The number of nitrogens with two attached hydrogens (primary N) is 1. The van der Waals surface area contributed by atoms with Gasteiger partial charge in [-0.15, -0.1) is 11.3 Å². The van der Waals surface area contributed by atoms with Crippen molar-refractivity contribution < 1.29 is 4.79 Å². The minimum atomic E-state index is -0.390. The van der Waals surface area contributed by atoms with Gasteiger partial charge >= 0.3 is 0 Å². The molecule has 0 aliphatic rings. The maximum absolute atomic E-state index is 13.5. The van der Waals surface area contributed by atoms with Crippen LogP contribution in [0.3, 0.4) is 0 Å². The Hall–Kier alpha value is -3.91. The number of benzene rings is 2. The van der Waals surface area contributed by atoms with Gasteiger partial charge < -0.3 is 15.6 Å². The number of nitrogen functional groups attached to an aromatic ring is 1. The van der Waals surface area contributed by atoms with Gasteiger partial charge in [-0.25, -0.2) is 0 Å². The minimum absolute atomic E-state index is 0.159. The van der Waals surface area contributed by atoms with E-state index in [0.717, 1.165) is 29.4 Å². The Morgan fingerprint density at radius 1 is 1.15 bits per heavy atom. The Morgan fingerprint density at radius 2 is 1.91 bits per heavy atom. The van der Waals surface area contributed by atoms with Crippen LogP contribution in [0.5, 0.6) is 0 Å². The molecule has 0 aliphatic carbocycles. The van der Waals surface area contributed by atoms with Gasteiger partial charge in [-0.1, -0.05) is 42.8 Å². The standard InChI is InChI=1S/C25H23N5O2S/c1-3-12-29-19-7-5-4-6-16(19)13-20(29)27-24(31)22-18-14-33-23(26)21(18)25(32)30(28-22)17-10-8-15(2)9-11-17/h4-11,13-14H,3,12,26H2,1-2H3,(H,27,31). The molecule has 5 rings (SSSR count). The highest BCUT2D eigenvalue weighted by Crippen LogP contribution is 2.29. The van der Waals surface area contributed by atoms with Gasteiger partial charge in [-0.2, -0.15) is 9.78 Å². The molecular formula is C25H23N5O2S. The van der Waals surface area contributed by atoms with Crippen molar-refractivity contribution in [3.8, 4) is 5.69 Å². The summed E-state index contributed by atoms with van der Waals surface area (Å²) in [5.41, 5.74) is 8.63. The van der Waals surface area contributed by atoms with E-state index in [1.54, 1.807) is 17.5 Å². The van der Waals surface area contributed by atoms with E-state index < -0.39 is 0 Å². The molecule has 3 aromatic heterocycles. The van der Waals surface area contributed by atoms with Gasteiger partial charge in [0.2, 0.25) is 0 Å². The van der Waals surface area contributed by atoms with Crippen molar-refractivity contribution in [3.05, 3.63) is 81.6 Å². The SMILES string of the molecule is CCCn1c(NC(=O)c2nn(-c3ccc(C)cc3)c(=O)c3c(N)scc23)cc2ccccc21. The van der Waals surface area contributed by atoms with Crippen LogP contribution in [0, 0.1) is 6.92 Å². The number of anilines is 2. The van der Waals surface area contributed by atoms with Gasteiger partial charge in [0.25, 0.3) is 11.5 Å². The van der Waals surface area contributed by atoms with E-state index in [9.17, 15) is 9.59 Å². The third kappa shape index (κ3) is 3.58. The molecule has 0 bridgehead atoms. The van der Waals surface area contributed by atoms with Crippen LogP contribution in [-0.2, 0) is 6.54 Å². The molecule has 0 saturated carbocycles. The molecule has 3 N–H and O–H groups in total. The first-order chi connectivity index (χ1) is 16.0. The van der Waals surface area contributed by atoms with Crippen molar-refractivity contribution in [1.82, 2.24) is 14.3 Å². The Bertz CT molecular complexity index is 1560. The Morgan fingerprint density at radius 3 is 2.67 bits per heavy atom. The molecule has 2 aromatic carbocycles. The maximum Gasteiger partial charge on any atom is 0.282 e. The number of aromatic nitrogens is 3.